The molecule has 1 heterocycles. The van der Waals surface area contributed by atoms with Crippen LogP contribution in [0.3, 0.4) is 0 Å². The smallest absolute Gasteiger partial charge is 0.261 e. The fourth-order valence-electron chi connectivity index (χ4n) is 3.35. The quantitative estimate of drug-likeness (QED) is 0.748. The highest BCUT2D eigenvalue weighted by atomic mass is 35.5. The Morgan fingerprint density at radius 2 is 1.89 bits per heavy atom. The predicted octanol–water partition coefficient (Wildman–Crippen LogP) is 3.04. The Hall–Kier alpha value is -2.09. The molecule has 3 rings (SSSR count). The van der Waals surface area contributed by atoms with E-state index < -0.39 is 10.0 Å². The van der Waals surface area contributed by atoms with Gasteiger partial charge in [-0.2, -0.15) is 0 Å². The molecule has 8 heteroatoms. The van der Waals surface area contributed by atoms with Gasteiger partial charge in [0.15, 0.2) is 0 Å². The molecular formula is C20H26ClN3O3S. The number of carbonyl (C=O) groups is 1. The summed E-state index contributed by atoms with van der Waals surface area (Å²) in [4.78, 5) is 14.8. The average Bonchev–Trinajstić information content (AvgIpc) is 3.11. The van der Waals surface area contributed by atoms with E-state index in [2.05, 4.69) is 10.0 Å². The van der Waals surface area contributed by atoms with Gasteiger partial charge >= 0.3 is 0 Å². The third-order valence-electron chi connectivity index (χ3n) is 4.77. The number of hydrogen-bond donors (Lipinski definition) is 2. The number of hydrogen-bond acceptors (Lipinski definition) is 4. The van der Waals surface area contributed by atoms with E-state index in [1.807, 2.05) is 31.0 Å². The van der Waals surface area contributed by atoms with Gasteiger partial charge in [0.25, 0.3) is 15.9 Å². The minimum Gasteiger partial charge on any atom is -0.334 e. The van der Waals surface area contributed by atoms with E-state index in [1.165, 1.54) is 12.1 Å². The first-order valence-corrected chi connectivity index (χ1v) is 10.5. The number of nitrogens with one attached hydrogen (secondary N) is 2. The molecule has 0 radical (unpaired) electrons. The molecule has 6 nitrogen and oxygen atoms in total. The van der Waals surface area contributed by atoms with Crippen molar-refractivity contribution >= 4 is 34.0 Å². The molecule has 1 atom stereocenters. The number of sulfonamides is 1. The van der Waals surface area contributed by atoms with E-state index in [1.54, 1.807) is 24.3 Å². The number of aryl methyl sites for hydroxylation is 1. The Balaban J connectivity index is 0.00000280. The number of rotatable bonds is 6. The van der Waals surface area contributed by atoms with Crippen molar-refractivity contribution in [3.63, 3.8) is 0 Å². The van der Waals surface area contributed by atoms with Gasteiger partial charge in [-0.3, -0.25) is 9.52 Å². The minimum atomic E-state index is -3.76. The van der Waals surface area contributed by atoms with Crippen LogP contribution >= 0.6 is 12.4 Å². The number of likely N-dealkylation sites (tertiary alicyclic amines) is 1. The van der Waals surface area contributed by atoms with Crippen LogP contribution in [0.25, 0.3) is 0 Å². The lowest BCUT2D eigenvalue weighted by Gasteiger charge is -2.24. The van der Waals surface area contributed by atoms with Crippen molar-refractivity contribution in [1.82, 2.24) is 10.2 Å². The zero-order valence-corrected chi connectivity index (χ0v) is 17.6. The third kappa shape index (κ3) is 5.04. The van der Waals surface area contributed by atoms with Gasteiger partial charge in [-0.15, -0.1) is 12.4 Å². The summed E-state index contributed by atoms with van der Waals surface area (Å²) in [5.74, 6) is -0.125. The second-order valence-corrected chi connectivity index (χ2v) is 8.53. The van der Waals surface area contributed by atoms with Crippen LogP contribution in [0.5, 0.6) is 0 Å². The summed E-state index contributed by atoms with van der Waals surface area (Å²) in [6.45, 7) is 3.37. The summed E-state index contributed by atoms with van der Waals surface area (Å²) < 4.78 is 28.0. The normalized spacial score (nSPS) is 16.5. The first kappa shape index (κ1) is 22.2. The number of halogens is 1. The summed E-state index contributed by atoms with van der Waals surface area (Å²) in [5.41, 5.74) is 1.93. The van der Waals surface area contributed by atoms with Gasteiger partial charge in [-0.1, -0.05) is 23.8 Å². The number of anilines is 1. The molecule has 1 unspecified atom stereocenters. The van der Waals surface area contributed by atoms with Crippen molar-refractivity contribution in [3.05, 3.63) is 59.7 Å². The summed E-state index contributed by atoms with van der Waals surface area (Å²) in [7, 11) is -1.90. The van der Waals surface area contributed by atoms with Crippen LogP contribution in [0, 0.1) is 6.92 Å². The topological polar surface area (TPSA) is 78.5 Å². The molecule has 0 spiro atoms. The van der Waals surface area contributed by atoms with Crippen LogP contribution < -0.4 is 10.0 Å². The number of benzene rings is 2. The lowest BCUT2D eigenvalue weighted by atomic mass is 10.1. The molecule has 1 aliphatic rings. The monoisotopic (exact) mass is 423 g/mol. The molecular weight excluding hydrogens is 398 g/mol. The molecule has 1 amide bonds. The Morgan fingerprint density at radius 1 is 1.18 bits per heavy atom. The molecule has 152 valence electrons. The highest BCUT2D eigenvalue weighted by molar-refractivity contribution is 7.92. The van der Waals surface area contributed by atoms with Gasteiger partial charge in [-0.25, -0.2) is 8.42 Å². The molecule has 0 bridgehead atoms. The SMILES string of the molecule is CNCC1CCCN1C(=O)c1cccc(S(=O)(=O)Nc2ccc(C)cc2)c1.Cl. The molecule has 1 saturated heterocycles. The van der Waals surface area contributed by atoms with E-state index in [9.17, 15) is 13.2 Å². The third-order valence-corrected chi connectivity index (χ3v) is 6.15. The molecule has 28 heavy (non-hydrogen) atoms. The summed E-state index contributed by atoms with van der Waals surface area (Å²) in [5, 5.41) is 3.11. The molecule has 2 N–H and O–H groups in total. The van der Waals surface area contributed by atoms with Gasteiger partial charge in [0.2, 0.25) is 0 Å². The van der Waals surface area contributed by atoms with E-state index in [4.69, 9.17) is 0 Å². The number of likely N-dealkylation sites (N-methyl/N-ethyl adjacent to an activating group) is 1. The summed E-state index contributed by atoms with van der Waals surface area (Å²) in [6, 6.07) is 13.5. The Morgan fingerprint density at radius 3 is 2.57 bits per heavy atom. The molecule has 0 saturated carbocycles. The Bertz CT molecular complexity index is 917. The number of amides is 1. The number of carbonyl (C=O) groups excluding carboxylic acids is 1. The van der Waals surface area contributed by atoms with Crippen molar-refractivity contribution in [3.8, 4) is 0 Å². The molecule has 1 fully saturated rings. The van der Waals surface area contributed by atoms with Gasteiger partial charge in [0.05, 0.1) is 4.90 Å². The predicted molar refractivity (Wildman–Crippen MR) is 114 cm³/mol. The average molecular weight is 424 g/mol. The van der Waals surface area contributed by atoms with Gasteiger partial charge < -0.3 is 10.2 Å². The van der Waals surface area contributed by atoms with Crippen LogP contribution in [0.1, 0.15) is 28.8 Å². The van der Waals surface area contributed by atoms with Crippen molar-refractivity contribution in [2.45, 2.75) is 30.7 Å². The highest BCUT2D eigenvalue weighted by Crippen LogP contribution is 2.22. The maximum absolute atomic E-state index is 12.9. The first-order valence-electron chi connectivity index (χ1n) is 9.06. The largest absolute Gasteiger partial charge is 0.334 e. The van der Waals surface area contributed by atoms with Gasteiger partial charge in [0.1, 0.15) is 0 Å². The second kappa shape index (κ2) is 9.41. The summed E-state index contributed by atoms with van der Waals surface area (Å²) in [6.07, 6.45) is 1.92. The molecule has 0 aromatic heterocycles. The Labute approximate surface area is 172 Å². The van der Waals surface area contributed by atoms with Gasteiger partial charge in [-0.05, 0) is 57.1 Å². The van der Waals surface area contributed by atoms with E-state index >= 15 is 0 Å². The maximum atomic E-state index is 12.9. The Kier molecular flexibility index (Phi) is 7.46. The number of nitrogens with zero attached hydrogens (tertiary/aromatic N) is 1. The van der Waals surface area contributed by atoms with E-state index in [0.717, 1.165) is 24.9 Å². The minimum absolute atomic E-state index is 0. The van der Waals surface area contributed by atoms with Crippen LogP contribution in [-0.2, 0) is 10.0 Å². The van der Waals surface area contributed by atoms with Gasteiger partial charge in [0, 0.05) is 30.4 Å². The first-order chi connectivity index (χ1) is 12.9. The second-order valence-electron chi connectivity index (χ2n) is 6.85. The van der Waals surface area contributed by atoms with Crippen LogP contribution in [0.2, 0.25) is 0 Å². The van der Waals surface area contributed by atoms with Crippen molar-refractivity contribution < 1.29 is 13.2 Å². The van der Waals surface area contributed by atoms with Crippen molar-refractivity contribution in [1.29, 1.82) is 0 Å². The maximum Gasteiger partial charge on any atom is 0.261 e. The molecule has 0 aliphatic carbocycles. The lowest BCUT2D eigenvalue weighted by molar-refractivity contribution is 0.0737. The molecule has 2 aromatic carbocycles. The zero-order valence-electron chi connectivity index (χ0n) is 16.0. The van der Waals surface area contributed by atoms with Crippen LogP contribution in [0.4, 0.5) is 5.69 Å². The zero-order chi connectivity index (χ0) is 19.4. The van der Waals surface area contributed by atoms with Crippen molar-refractivity contribution in [2.75, 3.05) is 24.9 Å². The summed E-state index contributed by atoms with van der Waals surface area (Å²) >= 11 is 0. The highest BCUT2D eigenvalue weighted by Gasteiger charge is 2.29. The standard InChI is InChI=1S/C20H25N3O3S.ClH/c1-15-8-10-17(11-9-15)22-27(25,26)19-7-3-5-16(13-19)20(24)23-12-4-6-18(23)14-21-2;/h3,5,7-11,13,18,21-22H,4,6,12,14H2,1-2H3;1H. The van der Waals surface area contributed by atoms with Crippen molar-refractivity contribution in [2.24, 2.45) is 0 Å². The van der Waals surface area contributed by atoms with E-state index in [-0.39, 0.29) is 29.3 Å². The van der Waals surface area contributed by atoms with Crippen LogP contribution in [0.15, 0.2) is 53.4 Å². The molecule has 2 aromatic rings. The van der Waals surface area contributed by atoms with Crippen LogP contribution in [-0.4, -0.2) is 45.4 Å². The lowest BCUT2D eigenvalue weighted by Crippen LogP contribution is -2.40. The fourth-order valence-corrected chi connectivity index (χ4v) is 4.45. The fraction of sp³-hybridized carbons (Fsp3) is 0.350. The van der Waals surface area contributed by atoms with E-state index in [0.29, 0.717) is 17.8 Å². The molecule has 1 aliphatic heterocycles.